The number of aromatic nitrogens is 2. The molecule has 7 nitrogen and oxygen atoms in total. The van der Waals surface area contributed by atoms with Crippen molar-refractivity contribution >= 4 is 17.1 Å². The normalized spacial score (nSPS) is 25.4. The average Bonchev–Trinajstić information content (AvgIpc) is 3.31. The highest BCUT2D eigenvalue weighted by atomic mass is 16.5. The number of fused-ring (bicyclic) bond motifs is 2. The Morgan fingerprint density at radius 1 is 1.48 bits per heavy atom. The van der Waals surface area contributed by atoms with E-state index in [1.807, 2.05) is 24.4 Å². The Morgan fingerprint density at radius 2 is 2.36 bits per heavy atom. The molecule has 1 aliphatic heterocycles. The van der Waals surface area contributed by atoms with E-state index in [0.29, 0.717) is 11.8 Å². The second kappa shape index (κ2) is 6.15. The van der Waals surface area contributed by atoms with Gasteiger partial charge in [0.1, 0.15) is 0 Å². The molecule has 1 amide bonds. The lowest BCUT2D eigenvalue weighted by Gasteiger charge is -2.31. The number of piperidine rings is 1. The lowest BCUT2D eigenvalue weighted by Crippen LogP contribution is -2.46. The average molecular weight is 342 g/mol. The molecule has 1 saturated carbocycles. The Hall–Kier alpha value is -2.41. The molecule has 3 heterocycles. The Kier molecular flexibility index (Phi) is 3.95. The van der Waals surface area contributed by atoms with Gasteiger partial charge in [-0.05, 0) is 42.9 Å². The molecule has 0 aromatic carbocycles. The number of nitrogens with one attached hydrogen (secondary N) is 1. The second-order valence-electron chi connectivity index (χ2n) is 6.98. The van der Waals surface area contributed by atoms with E-state index in [0.717, 1.165) is 49.9 Å². The molecule has 2 N–H and O–H groups in total. The smallest absolute Gasteiger partial charge is 0.405 e. The summed E-state index contributed by atoms with van der Waals surface area (Å²) in [4.78, 5) is 22.3. The van der Waals surface area contributed by atoms with Crippen molar-refractivity contribution in [2.75, 3.05) is 26.7 Å². The van der Waals surface area contributed by atoms with E-state index in [9.17, 15) is 4.79 Å². The molecule has 2 aliphatic rings. The monoisotopic (exact) mass is 342 g/mol. The number of nitrogens with zero attached hydrogens (tertiary/aromatic N) is 3. The van der Waals surface area contributed by atoms with E-state index in [1.165, 1.54) is 5.56 Å². The van der Waals surface area contributed by atoms with Crippen LogP contribution >= 0.6 is 0 Å². The number of methoxy groups -OCH3 is 1. The van der Waals surface area contributed by atoms with Gasteiger partial charge < -0.3 is 20.1 Å². The lowest BCUT2D eigenvalue weighted by atomic mass is 10.0. The summed E-state index contributed by atoms with van der Waals surface area (Å²) < 4.78 is 5.23. The van der Waals surface area contributed by atoms with Gasteiger partial charge in [0, 0.05) is 37.4 Å². The van der Waals surface area contributed by atoms with Crippen LogP contribution in [0.4, 0.5) is 4.79 Å². The first kappa shape index (κ1) is 16.1. The van der Waals surface area contributed by atoms with Crippen molar-refractivity contribution in [1.29, 1.82) is 0 Å². The number of ether oxygens (including phenoxy) is 1. The van der Waals surface area contributed by atoms with E-state index >= 15 is 0 Å². The van der Waals surface area contributed by atoms with Gasteiger partial charge in [-0.1, -0.05) is 0 Å². The largest absolute Gasteiger partial charge is 0.481 e. The topological polar surface area (TPSA) is 87.6 Å². The van der Waals surface area contributed by atoms with E-state index in [-0.39, 0.29) is 5.54 Å². The van der Waals surface area contributed by atoms with E-state index in [2.05, 4.69) is 20.2 Å². The summed E-state index contributed by atoms with van der Waals surface area (Å²) in [5.74, 6) is 1.05. The number of rotatable bonds is 5. The zero-order chi connectivity index (χ0) is 17.4. The van der Waals surface area contributed by atoms with Crippen LogP contribution in [0.3, 0.4) is 0 Å². The van der Waals surface area contributed by atoms with Gasteiger partial charge in [0.25, 0.3) is 0 Å². The fraction of sp³-hybridized carbons (Fsp3) is 0.500. The Bertz CT molecular complexity index is 812. The minimum Gasteiger partial charge on any atom is -0.481 e. The molecule has 4 rings (SSSR count). The van der Waals surface area contributed by atoms with Crippen molar-refractivity contribution in [2.24, 2.45) is 5.92 Å². The number of amides is 1. The minimum absolute atomic E-state index is 0.152. The van der Waals surface area contributed by atoms with Crippen molar-refractivity contribution < 1.29 is 14.6 Å². The molecule has 2 unspecified atom stereocenters. The quantitative estimate of drug-likeness (QED) is 0.863. The zero-order valence-corrected chi connectivity index (χ0v) is 14.2. The maximum atomic E-state index is 10.9. The molecule has 2 atom stereocenters. The van der Waals surface area contributed by atoms with Gasteiger partial charge in [-0.2, -0.15) is 0 Å². The van der Waals surface area contributed by atoms with Gasteiger partial charge in [0.2, 0.25) is 5.88 Å². The molecule has 132 valence electrons. The highest BCUT2D eigenvalue weighted by molar-refractivity contribution is 5.78. The SMILES string of the molecule is COc1ccc2nccc(CCN3CCC4(NC(=O)O)CC4C3)c2n1. The molecule has 7 heteroatoms. The number of carboxylic acid groups (broad SMARTS) is 1. The number of pyridine rings is 2. The molecule has 2 aromatic rings. The van der Waals surface area contributed by atoms with Gasteiger partial charge in [0.15, 0.2) is 0 Å². The highest BCUT2D eigenvalue weighted by Gasteiger charge is 2.57. The number of hydrogen-bond donors (Lipinski definition) is 2. The van der Waals surface area contributed by atoms with Gasteiger partial charge >= 0.3 is 6.09 Å². The van der Waals surface area contributed by atoms with Gasteiger partial charge in [-0.25, -0.2) is 9.78 Å². The number of likely N-dealkylation sites (tertiary alicyclic amines) is 1. The van der Waals surface area contributed by atoms with Crippen LogP contribution in [0.2, 0.25) is 0 Å². The van der Waals surface area contributed by atoms with Crippen molar-refractivity contribution in [1.82, 2.24) is 20.2 Å². The second-order valence-corrected chi connectivity index (χ2v) is 6.98. The summed E-state index contributed by atoms with van der Waals surface area (Å²) in [6, 6.07) is 5.78. The van der Waals surface area contributed by atoms with Gasteiger partial charge in [-0.15, -0.1) is 0 Å². The molecule has 1 aliphatic carbocycles. The molecular weight excluding hydrogens is 320 g/mol. The van der Waals surface area contributed by atoms with Crippen LogP contribution < -0.4 is 10.1 Å². The van der Waals surface area contributed by atoms with Crippen LogP contribution in [0.15, 0.2) is 24.4 Å². The minimum atomic E-state index is -0.903. The molecule has 2 aromatic heterocycles. The third-order valence-corrected chi connectivity index (χ3v) is 5.49. The van der Waals surface area contributed by atoms with E-state index < -0.39 is 6.09 Å². The summed E-state index contributed by atoms with van der Waals surface area (Å²) in [6.07, 6.45) is 3.68. The van der Waals surface area contributed by atoms with Crippen molar-refractivity contribution in [2.45, 2.75) is 24.8 Å². The number of hydrogen-bond acceptors (Lipinski definition) is 5. The maximum Gasteiger partial charge on any atom is 0.405 e. The zero-order valence-electron chi connectivity index (χ0n) is 14.2. The predicted molar refractivity (Wildman–Crippen MR) is 92.8 cm³/mol. The van der Waals surface area contributed by atoms with E-state index in [1.54, 1.807) is 7.11 Å². The van der Waals surface area contributed by atoms with Gasteiger partial charge in [0.05, 0.1) is 18.1 Å². The maximum absolute atomic E-state index is 10.9. The highest BCUT2D eigenvalue weighted by Crippen LogP contribution is 2.49. The summed E-state index contributed by atoms with van der Waals surface area (Å²) in [5.41, 5.74) is 2.79. The first-order valence-electron chi connectivity index (χ1n) is 8.62. The standard InChI is InChI=1S/C18H22N4O3/c1-25-15-3-2-14-16(20-15)12(4-7-19-14)5-8-22-9-6-18(21-17(23)24)10-13(18)11-22/h2-4,7,13,21H,5-6,8-11H2,1H3,(H,23,24). The molecule has 2 fully saturated rings. The van der Waals surface area contributed by atoms with Crippen molar-refractivity contribution in [3.8, 4) is 5.88 Å². The molecule has 1 saturated heterocycles. The van der Waals surface area contributed by atoms with Crippen LogP contribution in [0, 0.1) is 5.92 Å². The molecule has 0 bridgehead atoms. The summed E-state index contributed by atoms with van der Waals surface area (Å²) in [5, 5.41) is 11.7. The summed E-state index contributed by atoms with van der Waals surface area (Å²) >= 11 is 0. The van der Waals surface area contributed by atoms with Crippen LogP contribution in [0.5, 0.6) is 5.88 Å². The summed E-state index contributed by atoms with van der Waals surface area (Å²) in [7, 11) is 1.62. The van der Waals surface area contributed by atoms with Crippen molar-refractivity contribution in [3.63, 3.8) is 0 Å². The number of carbonyl (C=O) groups is 1. The fourth-order valence-electron chi connectivity index (χ4n) is 3.97. The molecule has 0 spiro atoms. The third-order valence-electron chi connectivity index (χ3n) is 5.49. The summed E-state index contributed by atoms with van der Waals surface area (Å²) in [6.45, 7) is 2.83. The molecule has 25 heavy (non-hydrogen) atoms. The van der Waals surface area contributed by atoms with Gasteiger partial charge in [-0.3, -0.25) is 4.98 Å². The first-order valence-corrected chi connectivity index (χ1v) is 8.62. The third kappa shape index (κ3) is 3.11. The Balaban J connectivity index is 1.41. The van der Waals surface area contributed by atoms with E-state index in [4.69, 9.17) is 9.84 Å². The fourth-order valence-corrected chi connectivity index (χ4v) is 3.97. The molecule has 0 radical (unpaired) electrons. The van der Waals surface area contributed by atoms with Crippen LogP contribution in [-0.2, 0) is 6.42 Å². The lowest BCUT2D eigenvalue weighted by molar-refractivity contribution is 0.165. The van der Waals surface area contributed by atoms with Crippen LogP contribution in [0.1, 0.15) is 18.4 Å². The van der Waals surface area contributed by atoms with Crippen molar-refractivity contribution in [3.05, 3.63) is 30.0 Å². The Morgan fingerprint density at radius 3 is 3.12 bits per heavy atom. The predicted octanol–water partition coefficient (Wildman–Crippen LogP) is 1.91. The molecular formula is C18H22N4O3. The van der Waals surface area contributed by atoms with Crippen LogP contribution in [-0.4, -0.2) is 58.4 Å². The van der Waals surface area contributed by atoms with Crippen LogP contribution in [0.25, 0.3) is 11.0 Å². The first-order chi connectivity index (χ1) is 12.1. The Labute approximate surface area is 146 Å².